The number of halogens is 1. The molecule has 2 aromatic heterocycles. The molecule has 2 aliphatic rings. The summed E-state index contributed by atoms with van der Waals surface area (Å²) >= 11 is 1.52. The maximum absolute atomic E-state index is 13.7. The highest BCUT2D eigenvalue weighted by Gasteiger charge is 2.44. The third-order valence-corrected chi connectivity index (χ3v) is 10.5. The molecule has 1 fully saturated rings. The summed E-state index contributed by atoms with van der Waals surface area (Å²) in [6.07, 6.45) is 5.47. The van der Waals surface area contributed by atoms with Gasteiger partial charge in [-0.3, -0.25) is 19.6 Å². The Kier molecular flexibility index (Phi) is 9.19. The van der Waals surface area contributed by atoms with Crippen molar-refractivity contribution in [2.75, 3.05) is 56.2 Å². The van der Waals surface area contributed by atoms with Crippen LogP contribution < -0.4 is 10.6 Å². The van der Waals surface area contributed by atoms with Gasteiger partial charge in [0, 0.05) is 54.9 Å². The number of H-pyrrole nitrogens is 1. The molecule has 0 saturated carbocycles. The smallest absolute Gasteiger partial charge is 0.315 e. The average Bonchev–Trinajstić information content (AvgIpc) is 3.88. The molecule has 2 aliphatic heterocycles. The molecule has 0 aliphatic carbocycles. The Balaban J connectivity index is 0.947. The first kappa shape index (κ1) is 32.5. The van der Waals surface area contributed by atoms with Crippen molar-refractivity contribution in [3.05, 3.63) is 84.2 Å². The van der Waals surface area contributed by atoms with Gasteiger partial charge in [-0.25, -0.2) is 4.39 Å². The van der Waals surface area contributed by atoms with Crippen LogP contribution in [0.2, 0.25) is 0 Å². The molecule has 3 N–H and O–H groups in total. The number of aromatic nitrogens is 4. The molecule has 0 spiro atoms. The average molecular weight is 681 g/mol. The number of carbonyl (C=O) groups is 2. The largest absolute Gasteiger partial charge is 0.403 e. The maximum atomic E-state index is 13.7. The number of amides is 2. The highest BCUT2D eigenvalue weighted by Crippen LogP contribution is 2.36. The monoisotopic (exact) mass is 680 g/mol. The van der Waals surface area contributed by atoms with E-state index in [1.165, 1.54) is 29.5 Å². The van der Waals surface area contributed by atoms with Crippen molar-refractivity contribution in [1.82, 2.24) is 30.2 Å². The Morgan fingerprint density at radius 2 is 1.80 bits per heavy atom. The molecular formula is C36H37FN8O3S. The minimum Gasteiger partial charge on any atom is -0.403 e. The number of nitrogens with one attached hydrogen (secondary N) is 3. The van der Waals surface area contributed by atoms with Crippen molar-refractivity contribution >= 4 is 51.8 Å². The van der Waals surface area contributed by atoms with Crippen LogP contribution in [0.15, 0.2) is 77.2 Å². The zero-order valence-electron chi connectivity index (χ0n) is 27.3. The van der Waals surface area contributed by atoms with Crippen LogP contribution in [0.25, 0.3) is 39.2 Å². The Labute approximate surface area is 287 Å². The molecule has 3 aromatic carbocycles. The summed E-state index contributed by atoms with van der Waals surface area (Å²) in [7, 11) is 0. The third kappa shape index (κ3) is 6.81. The second-order valence-corrected chi connectivity index (χ2v) is 13.5. The molecule has 11 nitrogen and oxygen atoms in total. The number of fused-ring (bicyclic) bond motifs is 1. The van der Waals surface area contributed by atoms with Crippen LogP contribution in [-0.2, 0) is 9.59 Å². The number of nitrogens with zero attached hydrogens (tertiary/aromatic N) is 5. The van der Waals surface area contributed by atoms with Crippen molar-refractivity contribution in [3.8, 4) is 22.7 Å². The molecule has 5 aromatic rings. The number of rotatable bonds is 10. The molecule has 1 atom stereocenters. The molecule has 4 heterocycles. The molecule has 252 valence electrons. The summed E-state index contributed by atoms with van der Waals surface area (Å²) in [5.74, 6) is 0.131. The fourth-order valence-electron chi connectivity index (χ4n) is 6.44. The van der Waals surface area contributed by atoms with Gasteiger partial charge in [-0.15, -0.1) is 16.9 Å². The first-order valence-electron chi connectivity index (χ1n) is 16.3. The lowest BCUT2D eigenvalue weighted by molar-refractivity contribution is -0.132. The highest BCUT2D eigenvalue weighted by atomic mass is 32.2. The van der Waals surface area contributed by atoms with Crippen molar-refractivity contribution in [2.24, 2.45) is 0 Å². The number of carbonyl (C=O) groups excluding carboxylic acids is 2. The van der Waals surface area contributed by atoms with Gasteiger partial charge in [0.1, 0.15) is 10.6 Å². The van der Waals surface area contributed by atoms with Crippen LogP contribution in [0.3, 0.4) is 0 Å². The molecule has 0 unspecified atom stereocenters. The van der Waals surface area contributed by atoms with E-state index < -0.39 is 4.75 Å². The number of likely N-dealkylation sites (tertiary alicyclic amines) is 1. The highest BCUT2D eigenvalue weighted by molar-refractivity contribution is 8.00. The van der Waals surface area contributed by atoms with Crippen LogP contribution >= 0.6 is 11.8 Å². The fraction of sp³-hybridized carbons (Fsp3) is 0.306. The number of anilines is 2. The Hall–Kier alpha value is -5.01. The van der Waals surface area contributed by atoms with E-state index in [0.717, 1.165) is 34.0 Å². The number of benzene rings is 3. The van der Waals surface area contributed by atoms with Gasteiger partial charge >= 0.3 is 6.01 Å². The normalized spacial score (nSPS) is 18.1. The van der Waals surface area contributed by atoms with Crippen LogP contribution in [0.4, 0.5) is 16.1 Å². The Morgan fingerprint density at radius 3 is 2.53 bits per heavy atom. The van der Waals surface area contributed by atoms with Crippen molar-refractivity contribution in [1.29, 1.82) is 0 Å². The molecule has 0 radical (unpaired) electrons. The molecular weight excluding hydrogens is 644 g/mol. The molecule has 2 amide bonds. The fourth-order valence-corrected chi connectivity index (χ4v) is 7.28. The quantitative estimate of drug-likeness (QED) is 0.165. The van der Waals surface area contributed by atoms with Crippen molar-refractivity contribution < 1.29 is 18.4 Å². The van der Waals surface area contributed by atoms with Gasteiger partial charge in [-0.2, -0.15) is 5.10 Å². The van der Waals surface area contributed by atoms with Gasteiger partial charge in [-0.05, 0) is 91.8 Å². The van der Waals surface area contributed by atoms with Gasteiger partial charge < -0.3 is 20.0 Å². The van der Waals surface area contributed by atoms with Crippen LogP contribution in [-0.4, -0.2) is 92.3 Å². The van der Waals surface area contributed by atoms with E-state index in [1.807, 2.05) is 60.5 Å². The minimum atomic E-state index is -0.679. The lowest BCUT2D eigenvalue weighted by atomic mass is 9.98. The van der Waals surface area contributed by atoms with Crippen LogP contribution in [0.5, 0.6) is 0 Å². The zero-order valence-corrected chi connectivity index (χ0v) is 28.1. The van der Waals surface area contributed by atoms with E-state index >= 15 is 0 Å². The van der Waals surface area contributed by atoms with E-state index in [4.69, 9.17) is 4.42 Å². The summed E-state index contributed by atoms with van der Waals surface area (Å²) in [6, 6.07) is 20.2. The van der Waals surface area contributed by atoms with Gasteiger partial charge in [0.05, 0.1) is 17.8 Å². The third-order valence-electron chi connectivity index (χ3n) is 9.23. The Bertz CT molecular complexity index is 2010. The van der Waals surface area contributed by atoms with E-state index in [-0.39, 0.29) is 24.2 Å². The van der Waals surface area contributed by atoms with E-state index in [2.05, 4.69) is 42.0 Å². The molecule has 13 heteroatoms. The summed E-state index contributed by atoms with van der Waals surface area (Å²) in [5.41, 5.74) is 6.10. The Morgan fingerprint density at radius 1 is 1.02 bits per heavy atom. The second kappa shape index (κ2) is 13.8. The van der Waals surface area contributed by atoms with E-state index in [0.29, 0.717) is 62.4 Å². The first-order valence-corrected chi connectivity index (χ1v) is 17.5. The zero-order chi connectivity index (χ0) is 34.0. The SMILES string of the molecule is CCNc1nnc(-c2ccc(C3=CCN(C(=O)CN4CC[C@@](SC)(C(=O)Nc5ccc6[nH]nc(-c7ccc(F)cc7)c6c5)C4)CC3)cc2)o1. The molecule has 0 bridgehead atoms. The standard InChI is InChI=1S/C36H37FN8O3S/c1-3-38-35-43-42-33(48-35)26-6-4-23(5-7-26)24-14-17-45(18-15-24)31(46)21-44-19-16-36(22-44,49-2)34(47)39-28-12-13-30-29(20-28)32(41-40-30)25-8-10-27(37)11-9-25/h4-14,20H,3,15-19,21-22H2,1-2H3,(H,38,43)(H,39,47)(H,40,41)/t36-/m0/s1. The van der Waals surface area contributed by atoms with Gasteiger partial charge in [0.15, 0.2) is 0 Å². The van der Waals surface area contributed by atoms with Crippen molar-refractivity contribution in [3.63, 3.8) is 0 Å². The lowest BCUT2D eigenvalue weighted by Gasteiger charge is -2.29. The number of hydrogen-bond acceptors (Lipinski definition) is 9. The summed E-state index contributed by atoms with van der Waals surface area (Å²) in [4.78, 5) is 31.1. The van der Waals surface area contributed by atoms with E-state index in [9.17, 15) is 14.0 Å². The van der Waals surface area contributed by atoms with Crippen LogP contribution in [0.1, 0.15) is 25.3 Å². The van der Waals surface area contributed by atoms with Crippen LogP contribution in [0, 0.1) is 5.82 Å². The summed E-state index contributed by atoms with van der Waals surface area (Å²) < 4.78 is 18.5. The summed E-state index contributed by atoms with van der Waals surface area (Å²) in [6.45, 7) is 5.27. The first-order chi connectivity index (χ1) is 23.8. The molecule has 1 saturated heterocycles. The van der Waals surface area contributed by atoms with Gasteiger partial charge in [0.25, 0.3) is 0 Å². The maximum Gasteiger partial charge on any atom is 0.315 e. The minimum absolute atomic E-state index is 0.0644. The second-order valence-electron chi connectivity index (χ2n) is 12.3. The number of hydrogen-bond donors (Lipinski definition) is 3. The van der Waals surface area contributed by atoms with Gasteiger partial charge in [0.2, 0.25) is 17.7 Å². The van der Waals surface area contributed by atoms with E-state index in [1.54, 1.807) is 12.1 Å². The molecule has 7 rings (SSSR count). The molecule has 49 heavy (non-hydrogen) atoms. The summed E-state index contributed by atoms with van der Waals surface area (Å²) in [5, 5.41) is 22.5. The lowest BCUT2D eigenvalue weighted by Crippen LogP contribution is -2.45. The van der Waals surface area contributed by atoms with Gasteiger partial charge in [-0.1, -0.05) is 23.3 Å². The number of aromatic amines is 1. The number of thioether (sulfide) groups is 1. The van der Waals surface area contributed by atoms with Crippen molar-refractivity contribution in [2.45, 2.75) is 24.5 Å². The topological polar surface area (TPSA) is 132 Å². The predicted octanol–water partition coefficient (Wildman–Crippen LogP) is 5.91. The predicted molar refractivity (Wildman–Crippen MR) is 190 cm³/mol.